The maximum absolute atomic E-state index is 11.0. The molecule has 1 aromatic carbocycles. The van der Waals surface area contributed by atoms with Crippen molar-refractivity contribution in [3.8, 4) is 11.3 Å². The normalized spacial score (nSPS) is 10.7. The highest BCUT2D eigenvalue weighted by Crippen LogP contribution is 2.31. The molecule has 0 radical (unpaired) electrons. The van der Waals surface area contributed by atoms with E-state index in [-0.39, 0.29) is 5.76 Å². The summed E-state index contributed by atoms with van der Waals surface area (Å²) in [6, 6.07) is 3.73. The first-order valence-electron chi connectivity index (χ1n) is 5.66. The number of hydrogen-bond acceptors (Lipinski definition) is 3. The maximum Gasteiger partial charge on any atom is 0.290 e. The molecule has 2 aromatic rings. The van der Waals surface area contributed by atoms with Crippen LogP contribution in [0.15, 0.2) is 16.7 Å². The molecule has 18 heavy (non-hydrogen) atoms. The molecular weight excluding hydrogens is 250 g/mol. The van der Waals surface area contributed by atoms with Crippen LogP contribution >= 0.6 is 11.6 Å². The zero-order valence-corrected chi connectivity index (χ0v) is 11.6. The standard InChI is InChI=1S/C14H14ClNO2/c1-7-5-8(2)10(4)13(9(7)3)11-6-12(14(15)17)18-16-11/h5-6H,1-4H3. The van der Waals surface area contributed by atoms with E-state index in [0.29, 0.717) is 5.69 Å². The van der Waals surface area contributed by atoms with Crippen LogP contribution in [0.3, 0.4) is 0 Å². The summed E-state index contributed by atoms with van der Waals surface area (Å²) in [6.07, 6.45) is 0. The summed E-state index contributed by atoms with van der Waals surface area (Å²) >= 11 is 5.37. The highest BCUT2D eigenvalue weighted by molar-refractivity contribution is 6.67. The number of halogens is 1. The molecule has 0 saturated carbocycles. The average molecular weight is 264 g/mol. The van der Waals surface area contributed by atoms with Crippen molar-refractivity contribution in [3.63, 3.8) is 0 Å². The predicted octanol–water partition coefficient (Wildman–Crippen LogP) is 3.95. The van der Waals surface area contributed by atoms with Gasteiger partial charge in [0.05, 0.1) is 0 Å². The van der Waals surface area contributed by atoms with Gasteiger partial charge in [-0.3, -0.25) is 4.79 Å². The van der Waals surface area contributed by atoms with E-state index >= 15 is 0 Å². The predicted molar refractivity (Wildman–Crippen MR) is 71.1 cm³/mol. The van der Waals surface area contributed by atoms with Crippen molar-refractivity contribution in [2.45, 2.75) is 27.7 Å². The van der Waals surface area contributed by atoms with Gasteiger partial charge in [0.15, 0.2) is 0 Å². The van der Waals surface area contributed by atoms with Crippen molar-refractivity contribution in [3.05, 3.63) is 40.1 Å². The zero-order chi connectivity index (χ0) is 13.4. The van der Waals surface area contributed by atoms with Crippen LogP contribution in [0.5, 0.6) is 0 Å². The number of rotatable bonds is 2. The van der Waals surface area contributed by atoms with Crippen molar-refractivity contribution in [1.29, 1.82) is 0 Å². The van der Waals surface area contributed by atoms with Gasteiger partial charge in [-0.05, 0) is 61.5 Å². The van der Waals surface area contributed by atoms with Crippen molar-refractivity contribution in [2.24, 2.45) is 0 Å². The zero-order valence-electron chi connectivity index (χ0n) is 10.8. The van der Waals surface area contributed by atoms with Crippen molar-refractivity contribution in [1.82, 2.24) is 5.16 Å². The Kier molecular flexibility index (Phi) is 3.26. The Labute approximate surface area is 111 Å². The van der Waals surface area contributed by atoms with Crippen LogP contribution in [0.2, 0.25) is 0 Å². The topological polar surface area (TPSA) is 43.1 Å². The summed E-state index contributed by atoms with van der Waals surface area (Å²) < 4.78 is 4.94. The summed E-state index contributed by atoms with van der Waals surface area (Å²) in [7, 11) is 0. The summed E-state index contributed by atoms with van der Waals surface area (Å²) in [5.74, 6) is 0.0737. The highest BCUT2D eigenvalue weighted by Gasteiger charge is 2.16. The fourth-order valence-electron chi connectivity index (χ4n) is 2.09. The Hall–Kier alpha value is -1.61. The lowest BCUT2D eigenvalue weighted by molar-refractivity contribution is 0.104. The second kappa shape index (κ2) is 4.58. The second-order valence-electron chi connectivity index (χ2n) is 4.49. The van der Waals surface area contributed by atoms with E-state index < -0.39 is 5.24 Å². The average Bonchev–Trinajstić information content (AvgIpc) is 2.76. The smallest absolute Gasteiger partial charge is 0.290 e. The lowest BCUT2D eigenvalue weighted by Crippen LogP contribution is -1.95. The van der Waals surface area contributed by atoms with Gasteiger partial charge in [0.1, 0.15) is 5.69 Å². The van der Waals surface area contributed by atoms with Crippen LogP contribution in [-0.2, 0) is 0 Å². The van der Waals surface area contributed by atoms with Crippen molar-refractivity contribution in [2.75, 3.05) is 0 Å². The number of aryl methyl sites for hydroxylation is 2. The summed E-state index contributed by atoms with van der Waals surface area (Å²) in [5.41, 5.74) is 6.32. The van der Waals surface area contributed by atoms with Gasteiger partial charge in [0, 0.05) is 11.6 Å². The number of nitrogens with zero attached hydrogens (tertiary/aromatic N) is 1. The molecule has 0 amide bonds. The second-order valence-corrected chi connectivity index (χ2v) is 4.83. The molecule has 0 aliphatic heterocycles. The monoisotopic (exact) mass is 263 g/mol. The molecule has 0 saturated heterocycles. The fourth-order valence-corrected chi connectivity index (χ4v) is 2.18. The maximum atomic E-state index is 11.0. The Balaban J connectivity index is 2.66. The van der Waals surface area contributed by atoms with Crippen LogP contribution in [0.4, 0.5) is 0 Å². The SMILES string of the molecule is Cc1cc(C)c(C)c(-c2cc(C(=O)Cl)on2)c1C. The molecular formula is C14H14ClNO2. The molecule has 4 heteroatoms. The van der Waals surface area contributed by atoms with E-state index in [0.717, 1.165) is 16.7 Å². The molecule has 2 rings (SSSR count). The molecule has 0 atom stereocenters. The quantitative estimate of drug-likeness (QED) is 0.771. The number of carbonyl (C=O) groups is 1. The van der Waals surface area contributed by atoms with Gasteiger partial charge in [-0.25, -0.2) is 0 Å². The molecule has 94 valence electrons. The highest BCUT2D eigenvalue weighted by atomic mass is 35.5. The third kappa shape index (κ3) is 2.06. The molecule has 0 fully saturated rings. The number of benzene rings is 1. The first-order chi connectivity index (χ1) is 8.41. The van der Waals surface area contributed by atoms with E-state index in [1.807, 2.05) is 13.8 Å². The molecule has 1 heterocycles. The molecule has 0 aliphatic rings. The number of carbonyl (C=O) groups excluding carboxylic acids is 1. The number of hydrogen-bond donors (Lipinski definition) is 0. The third-order valence-corrected chi connectivity index (χ3v) is 3.51. The molecule has 3 nitrogen and oxygen atoms in total. The van der Waals surface area contributed by atoms with Gasteiger partial charge >= 0.3 is 0 Å². The van der Waals surface area contributed by atoms with Crippen LogP contribution in [0.25, 0.3) is 11.3 Å². The van der Waals surface area contributed by atoms with Crippen LogP contribution in [-0.4, -0.2) is 10.4 Å². The first kappa shape index (κ1) is 12.8. The van der Waals surface area contributed by atoms with Gasteiger partial charge in [0.25, 0.3) is 5.24 Å². The summed E-state index contributed by atoms with van der Waals surface area (Å²) in [4.78, 5) is 11.0. The minimum absolute atomic E-state index is 0.0737. The van der Waals surface area contributed by atoms with E-state index in [4.69, 9.17) is 16.1 Å². The van der Waals surface area contributed by atoms with Gasteiger partial charge in [-0.15, -0.1) is 0 Å². The van der Waals surface area contributed by atoms with E-state index in [2.05, 4.69) is 25.1 Å². The van der Waals surface area contributed by atoms with Crippen molar-refractivity contribution < 1.29 is 9.32 Å². The van der Waals surface area contributed by atoms with E-state index in [1.54, 1.807) is 6.07 Å². The Morgan fingerprint density at radius 2 is 1.67 bits per heavy atom. The lowest BCUT2D eigenvalue weighted by atomic mass is 9.92. The van der Waals surface area contributed by atoms with E-state index in [1.165, 1.54) is 11.1 Å². The minimum Gasteiger partial charge on any atom is -0.351 e. The lowest BCUT2D eigenvalue weighted by Gasteiger charge is -2.12. The van der Waals surface area contributed by atoms with Gasteiger partial charge in [-0.2, -0.15) is 0 Å². The fraction of sp³-hybridized carbons (Fsp3) is 0.286. The van der Waals surface area contributed by atoms with Crippen LogP contribution in [0.1, 0.15) is 32.8 Å². The number of aromatic nitrogens is 1. The Morgan fingerprint density at radius 1 is 1.11 bits per heavy atom. The van der Waals surface area contributed by atoms with Gasteiger partial charge < -0.3 is 4.52 Å². The third-order valence-electron chi connectivity index (χ3n) is 3.33. The summed E-state index contributed by atoms with van der Waals surface area (Å²) in [5, 5.41) is 3.30. The van der Waals surface area contributed by atoms with Gasteiger partial charge in [0.2, 0.25) is 5.76 Å². The molecule has 0 bridgehead atoms. The molecule has 0 N–H and O–H groups in total. The molecule has 0 unspecified atom stereocenters. The minimum atomic E-state index is -0.631. The molecule has 0 aliphatic carbocycles. The Morgan fingerprint density at radius 3 is 2.11 bits per heavy atom. The van der Waals surface area contributed by atoms with Gasteiger partial charge in [-0.1, -0.05) is 11.2 Å². The van der Waals surface area contributed by atoms with Crippen LogP contribution < -0.4 is 0 Å². The van der Waals surface area contributed by atoms with Crippen molar-refractivity contribution >= 4 is 16.8 Å². The Bertz CT molecular complexity index is 603. The largest absolute Gasteiger partial charge is 0.351 e. The van der Waals surface area contributed by atoms with E-state index in [9.17, 15) is 4.79 Å². The first-order valence-corrected chi connectivity index (χ1v) is 6.04. The molecule has 0 spiro atoms. The molecule has 1 aromatic heterocycles. The van der Waals surface area contributed by atoms with Crippen LogP contribution in [0, 0.1) is 27.7 Å². The summed E-state index contributed by atoms with van der Waals surface area (Å²) in [6.45, 7) is 8.18.